The third-order valence-electron chi connectivity index (χ3n) is 3.34. The van der Waals surface area contributed by atoms with Gasteiger partial charge in [-0.2, -0.15) is 0 Å². The van der Waals surface area contributed by atoms with Crippen LogP contribution in [0.5, 0.6) is 0 Å². The SMILES string of the molecule is CCC(CC)(CO)NCc1cccc(Cl)c1F. The molecule has 2 nitrogen and oxygen atoms in total. The van der Waals surface area contributed by atoms with Gasteiger partial charge in [0.05, 0.1) is 11.6 Å². The van der Waals surface area contributed by atoms with Gasteiger partial charge in [0.25, 0.3) is 0 Å². The van der Waals surface area contributed by atoms with Crippen LogP contribution in [-0.4, -0.2) is 17.3 Å². The van der Waals surface area contributed by atoms with E-state index in [-0.39, 0.29) is 23.0 Å². The summed E-state index contributed by atoms with van der Waals surface area (Å²) in [6.45, 7) is 4.42. The van der Waals surface area contributed by atoms with Crippen molar-refractivity contribution in [3.05, 3.63) is 34.6 Å². The molecule has 1 rings (SSSR count). The molecule has 0 unspecified atom stereocenters. The standard InChI is InChI=1S/C13H19ClFNO/c1-3-13(4-2,9-17)16-8-10-6-5-7-11(14)12(10)15/h5-7,16-17H,3-4,8-9H2,1-2H3. The van der Waals surface area contributed by atoms with Gasteiger partial charge in [0.15, 0.2) is 0 Å². The third-order valence-corrected chi connectivity index (χ3v) is 3.63. The lowest BCUT2D eigenvalue weighted by atomic mass is 9.93. The maximum atomic E-state index is 13.7. The fourth-order valence-electron chi connectivity index (χ4n) is 1.75. The summed E-state index contributed by atoms with van der Waals surface area (Å²) in [5.74, 6) is -0.388. The van der Waals surface area contributed by atoms with Crippen molar-refractivity contribution in [3.63, 3.8) is 0 Å². The van der Waals surface area contributed by atoms with E-state index in [9.17, 15) is 9.50 Å². The topological polar surface area (TPSA) is 32.3 Å². The Bertz CT molecular complexity index is 358. The van der Waals surface area contributed by atoms with Crippen LogP contribution in [0.15, 0.2) is 18.2 Å². The summed E-state index contributed by atoms with van der Waals surface area (Å²) in [6.07, 6.45) is 1.59. The Morgan fingerprint density at radius 1 is 1.35 bits per heavy atom. The molecule has 0 radical (unpaired) electrons. The van der Waals surface area contributed by atoms with Crippen LogP contribution in [0, 0.1) is 5.82 Å². The second-order valence-electron chi connectivity index (χ2n) is 4.21. The Morgan fingerprint density at radius 2 is 2.00 bits per heavy atom. The van der Waals surface area contributed by atoms with Crippen LogP contribution in [0.3, 0.4) is 0 Å². The van der Waals surface area contributed by atoms with Crippen LogP contribution in [0.4, 0.5) is 4.39 Å². The van der Waals surface area contributed by atoms with Gasteiger partial charge in [-0.15, -0.1) is 0 Å². The van der Waals surface area contributed by atoms with E-state index in [1.54, 1.807) is 12.1 Å². The van der Waals surface area contributed by atoms with Crippen LogP contribution in [0.2, 0.25) is 5.02 Å². The average Bonchev–Trinajstić information content (AvgIpc) is 2.36. The predicted octanol–water partition coefficient (Wildman–Crippen LogP) is 3.12. The largest absolute Gasteiger partial charge is 0.394 e. The summed E-state index contributed by atoms with van der Waals surface area (Å²) in [5.41, 5.74) is 0.187. The van der Waals surface area contributed by atoms with Gasteiger partial charge in [0.1, 0.15) is 5.82 Å². The highest BCUT2D eigenvalue weighted by Crippen LogP contribution is 2.20. The Kier molecular flexibility index (Phi) is 5.37. The summed E-state index contributed by atoms with van der Waals surface area (Å²) in [5, 5.41) is 12.7. The highest BCUT2D eigenvalue weighted by molar-refractivity contribution is 6.30. The lowest BCUT2D eigenvalue weighted by molar-refractivity contribution is 0.149. The number of aliphatic hydroxyl groups is 1. The number of rotatable bonds is 6. The van der Waals surface area contributed by atoms with E-state index in [1.165, 1.54) is 6.07 Å². The van der Waals surface area contributed by atoms with E-state index < -0.39 is 0 Å². The molecule has 2 N–H and O–H groups in total. The Morgan fingerprint density at radius 3 is 2.53 bits per heavy atom. The molecule has 0 fully saturated rings. The van der Waals surface area contributed by atoms with Crippen molar-refractivity contribution < 1.29 is 9.50 Å². The summed E-state index contributed by atoms with van der Waals surface area (Å²) in [7, 11) is 0. The van der Waals surface area contributed by atoms with E-state index in [0.29, 0.717) is 12.1 Å². The first kappa shape index (κ1) is 14.4. The molecule has 0 aromatic heterocycles. The van der Waals surface area contributed by atoms with Crippen molar-refractivity contribution in [2.45, 2.75) is 38.8 Å². The normalized spacial score (nSPS) is 11.8. The molecule has 0 amide bonds. The first-order valence-corrected chi connectivity index (χ1v) is 6.25. The van der Waals surface area contributed by atoms with Crippen LogP contribution in [0.1, 0.15) is 32.3 Å². The van der Waals surface area contributed by atoms with Crippen LogP contribution in [-0.2, 0) is 6.54 Å². The van der Waals surface area contributed by atoms with E-state index >= 15 is 0 Å². The molecule has 0 aliphatic heterocycles. The summed E-state index contributed by atoms with van der Waals surface area (Å²) in [4.78, 5) is 0. The van der Waals surface area contributed by atoms with Gasteiger partial charge in [0.2, 0.25) is 0 Å². The number of benzene rings is 1. The highest BCUT2D eigenvalue weighted by atomic mass is 35.5. The molecular formula is C13H19ClFNO. The van der Waals surface area contributed by atoms with Gasteiger partial charge in [-0.05, 0) is 18.9 Å². The van der Waals surface area contributed by atoms with Crippen LogP contribution < -0.4 is 5.32 Å². The molecule has 4 heteroatoms. The number of halogens is 2. The number of hydrogen-bond donors (Lipinski definition) is 2. The van der Waals surface area contributed by atoms with E-state index in [2.05, 4.69) is 5.32 Å². The fraction of sp³-hybridized carbons (Fsp3) is 0.538. The second-order valence-corrected chi connectivity index (χ2v) is 4.62. The van der Waals surface area contributed by atoms with Gasteiger partial charge in [0, 0.05) is 17.6 Å². The lowest BCUT2D eigenvalue weighted by Crippen LogP contribution is -2.47. The smallest absolute Gasteiger partial charge is 0.146 e. The maximum absolute atomic E-state index is 13.7. The Labute approximate surface area is 107 Å². The molecule has 0 bridgehead atoms. The molecule has 17 heavy (non-hydrogen) atoms. The zero-order valence-corrected chi connectivity index (χ0v) is 11.0. The number of aliphatic hydroxyl groups excluding tert-OH is 1. The van der Waals surface area contributed by atoms with E-state index in [0.717, 1.165) is 12.8 Å². The maximum Gasteiger partial charge on any atom is 0.146 e. The molecule has 0 saturated carbocycles. The zero-order chi connectivity index (χ0) is 12.9. The summed E-state index contributed by atoms with van der Waals surface area (Å²) in [6, 6.07) is 4.95. The Balaban J connectivity index is 2.75. The minimum atomic E-state index is -0.388. The number of hydrogen-bond acceptors (Lipinski definition) is 2. The quantitative estimate of drug-likeness (QED) is 0.823. The predicted molar refractivity (Wildman–Crippen MR) is 68.6 cm³/mol. The van der Waals surface area contributed by atoms with Crippen LogP contribution >= 0.6 is 11.6 Å². The highest BCUT2D eigenvalue weighted by Gasteiger charge is 2.24. The number of nitrogens with one attached hydrogen (secondary N) is 1. The molecule has 0 heterocycles. The molecule has 0 atom stereocenters. The molecular weight excluding hydrogens is 241 g/mol. The average molecular weight is 260 g/mol. The zero-order valence-electron chi connectivity index (χ0n) is 10.3. The van der Waals surface area contributed by atoms with Crippen molar-refractivity contribution >= 4 is 11.6 Å². The first-order valence-electron chi connectivity index (χ1n) is 5.87. The van der Waals surface area contributed by atoms with Crippen molar-refractivity contribution in [2.75, 3.05) is 6.61 Å². The first-order chi connectivity index (χ1) is 8.08. The van der Waals surface area contributed by atoms with Gasteiger partial charge in [-0.3, -0.25) is 0 Å². The van der Waals surface area contributed by atoms with Gasteiger partial charge < -0.3 is 10.4 Å². The molecule has 1 aromatic rings. The molecule has 96 valence electrons. The van der Waals surface area contributed by atoms with E-state index in [1.807, 2.05) is 13.8 Å². The summed E-state index contributed by atoms with van der Waals surface area (Å²) >= 11 is 5.71. The monoisotopic (exact) mass is 259 g/mol. The minimum absolute atomic E-state index is 0.0438. The lowest BCUT2D eigenvalue weighted by Gasteiger charge is -2.31. The van der Waals surface area contributed by atoms with Crippen molar-refractivity contribution in [2.24, 2.45) is 0 Å². The van der Waals surface area contributed by atoms with Gasteiger partial charge >= 0.3 is 0 Å². The molecule has 0 saturated heterocycles. The molecule has 1 aromatic carbocycles. The molecule has 0 aliphatic carbocycles. The van der Waals surface area contributed by atoms with E-state index in [4.69, 9.17) is 11.6 Å². The van der Waals surface area contributed by atoms with Crippen molar-refractivity contribution in [1.29, 1.82) is 0 Å². The Hall–Kier alpha value is -0.640. The van der Waals surface area contributed by atoms with Gasteiger partial charge in [-0.1, -0.05) is 37.6 Å². The third kappa shape index (κ3) is 3.41. The molecule has 0 aliphatic rings. The fourth-order valence-corrected chi connectivity index (χ4v) is 1.94. The van der Waals surface area contributed by atoms with Gasteiger partial charge in [-0.25, -0.2) is 4.39 Å². The molecule has 0 spiro atoms. The van der Waals surface area contributed by atoms with Crippen LogP contribution in [0.25, 0.3) is 0 Å². The summed E-state index contributed by atoms with van der Waals surface area (Å²) < 4.78 is 13.7. The second kappa shape index (κ2) is 6.34. The minimum Gasteiger partial charge on any atom is -0.394 e. The van der Waals surface area contributed by atoms with Crippen molar-refractivity contribution in [1.82, 2.24) is 5.32 Å². The van der Waals surface area contributed by atoms with Crippen molar-refractivity contribution in [3.8, 4) is 0 Å².